The van der Waals surface area contributed by atoms with Crippen molar-refractivity contribution in [2.75, 3.05) is 6.54 Å². The molecule has 1 aliphatic rings. The van der Waals surface area contributed by atoms with Gasteiger partial charge in [-0.1, -0.05) is 0 Å². The third kappa shape index (κ3) is 8.94. The van der Waals surface area contributed by atoms with Crippen LogP contribution in [0.15, 0.2) is 0 Å². The summed E-state index contributed by atoms with van der Waals surface area (Å²) < 4.78 is 0. The van der Waals surface area contributed by atoms with E-state index in [1.165, 1.54) is 0 Å². The zero-order valence-corrected chi connectivity index (χ0v) is 10.4. The van der Waals surface area contributed by atoms with Crippen molar-refractivity contribution in [1.29, 1.82) is 0 Å². The monoisotopic (exact) mass is 312 g/mol. The number of carbonyl (C=O) groups is 3. The van der Waals surface area contributed by atoms with Crippen LogP contribution < -0.4 is 11.1 Å². The van der Waals surface area contributed by atoms with Crippen LogP contribution in [-0.2, 0) is 31.5 Å². The quantitative estimate of drug-likeness (QED) is 0.390. The molecule has 0 aromatic carbocycles. The predicted octanol–water partition coefficient (Wildman–Crippen LogP) is -1.57. The van der Waals surface area contributed by atoms with E-state index >= 15 is 0 Å². The molecule has 0 amide bonds. The SMILES string of the molecule is N[C@H](CC(=O)O)C(=O)O.O=C(O)[C@H]1CCCN1.[CuH+]. The van der Waals surface area contributed by atoms with Crippen molar-refractivity contribution >= 4 is 17.9 Å². The van der Waals surface area contributed by atoms with Crippen molar-refractivity contribution in [2.45, 2.75) is 31.3 Å². The van der Waals surface area contributed by atoms with Gasteiger partial charge in [-0.3, -0.25) is 14.4 Å². The number of nitrogens with one attached hydrogen (secondary N) is 1. The van der Waals surface area contributed by atoms with Gasteiger partial charge in [-0.25, -0.2) is 0 Å². The molecule has 0 aromatic rings. The average molecular weight is 313 g/mol. The second kappa shape index (κ2) is 9.84. The maximum absolute atomic E-state index is 10.1. The van der Waals surface area contributed by atoms with Crippen molar-refractivity contribution in [3.8, 4) is 0 Å². The molecule has 9 heteroatoms. The van der Waals surface area contributed by atoms with E-state index in [2.05, 4.69) is 5.32 Å². The molecule has 0 saturated carbocycles. The summed E-state index contributed by atoms with van der Waals surface area (Å²) in [6.07, 6.45) is 1.25. The molecule has 0 bridgehead atoms. The van der Waals surface area contributed by atoms with E-state index in [1.54, 1.807) is 0 Å². The second-order valence-electron chi connectivity index (χ2n) is 3.53. The van der Waals surface area contributed by atoms with Gasteiger partial charge in [-0.2, -0.15) is 0 Å². The van der Waals surface area contributed by atoms with Gasteiger partial charge in [0.1, 0.15) is 12.1 Å². The summed E-state index contributed by atoms with van der Waals surface area (Å²) in [5.74, 6) is -3.22. The number of carboxylic acids is 3. The fraction of sp³-hybridized carbons (Fsp3) is 0.667. The molecule has 1 rings (SSSR count). The van der Waals surface area contributed by atoms with E-state index in [0.29, 0.717) is 0 Å². The zero-order valence-electron chi connectivity index (χ0n) is 9.44. The summed E-state index contributed by atoms with van der Waals surface area (Å²) in [5, 5.41) is 27.2. The Bertz CT molecular complexity index is 293. The second-order valence-corrected chi connectivity index (χ2v) is 3.53. The van der Waals surface area contributed by atoms with E-state index < -0.39 is 30.4 Å². The summed E-state index contributed by atoms with van der Waals surface area (Å²) >= 11 is 0. The standard InChI is InChI=1S/C5H9NO2.C4H7NO4.Cu.H/c7-5(8)4-2-1-3-6-4;5-2(4(8)9)1-3(6)7;;/h4,6H,1-3H2,(H,7,8);2H,1,5H2,(H,6,7)(H,8,9);;/q;;+1;/t4-;2-;;/m11../s1. The van der Waals surface area contributed by atoms with Gasteiger partial charge >= 0.3 is 35.0 Å². The van der Waals surface area contributed by atoms with Crippen LogP contribution in [0.2, 0.25) is 0 Å². The molecule has 6 N–H and O–H groups in total. The van der Waals surface area contributed by atoms with Gasteiger partial charge in [0.2, 0.25) is 0 Å². The van der Waals surface area contributed by atoms with Crippen LogP contribution in [0.4, 0.5) is 0 Å². The van der Waals surface area contributed by atoms with Crippen molar-refractivity contribution in [3.05, 3.63) is 0 Å². The molecule has 8 nitrogen and oxygen atoms in total. The van der Waals surface area contributed by atoms with Gasteiger partial charge in [0, 0.05) is 0 Å². The van der Waals surface area contributed by atoms with Crippen molar-refractivity contribution in [2.24, 2.45) is 5.73 Å². The van der Waals surface area contributed by atoms with Crippen LogP contribution in [0.3, 0.4) is 0 Å². The van der Waals surface area contributed by atoms with Gasteiger partial charge in [0.25, 0.3) is 0 Å². The molecule has 18 heavy (non-hydrogen) atoms. The predicted molar refractivity (Wildman–Crippen MR) is 57.9 cm³/mol. The Kier molecular flexibility index (Phi) is 10.5. The van der Waals surface area contributed by atoms with E-state index in [4.69, 9.17) is 21.1 Å². The summed E-state index contributed by atoms with van der Waals surface area (Å²) in [7, 11) is 0. The van der Waals surface area contributed by atoms with Crippen LogP contribution in [0, 0.1) is 0 Å². The fourth-order valence-corrected chi connectivity index (χ4v) is 1.17. The summed E-state index contributed by atoms with van der Waals surface area (Å²) in [6, 6.07) is -1.56. The first-order valence-electron chi connectivity index (χ1n) is 5.01. The van der Waals surface area contributed by atoms with Gasteiger partial charge in [0.15, 0.2) is 0 Å². The van der Waals surface area contributed by atoms with Gasteiger partial charge < -0.3 is 26.4 Å². The Labute approximate surface area is 114 Å². The first-order valence-corrected chi connectivity index (χ1v) is 5.01. The van der Waals surface area contributed by atoms with E-state index in [9.17, 15) is 14.4 Å². The van der Waals surface area contributed by atoms with Gasteiger partial charge in [-0.15, -0.1) is 0 Å². The number of rotatable bonds is 4. The average Bonchev–Trinajstić information content (AvgIpc) is 2.69. The molecule has 0 radical (unpaired) electrons. The molecule has 0 aliphatic carbocycles. The zero-order chi connectivity index (χ0) is 13.4. The summed E-state index contributed by atoms with van der Waals surface area (Å²) in [5.41, 5.74) is 4.84. The van der Waals surface area contributed by atoms with E-state index in [-0.39, 0.29) is 23.1 Å². The Morgan fingerprint density at radius 2 is 1.83 bits per heavy atom. The number of hydrogen-bond acceptors (Lipinski definition) is 5. The molecule has 2 atom stereocenters. The molecule has 1 saturated heterocycles. The normalized spacial score (nSPS) is 18.8. The first kappa shape index (κ1) is 19.2. The fourth-order valence-electron chi connectivity index (χ4n) is 1.17. The van der Waals surface area contributed by atoms with Crippen LogP contribution in [0.5, 0.6) is 0 Å². The molecular formula is C9H17CuN2O6+. The molecule has 0 unspecified atom stereocenters. The number of hydrogen-bond donors (Lipinski definition) is 5. The molecule has 1 fully saturated rings. The van der Waals surface area contributed by atoms with Crippen LogP contribution >= 0.6 is 0 Å². The Balaban J connectivity index is 0. The third-order valence-corrected chi connectivity index (χ3v) is 2.07. The summed E-state index contributed by atoms with van der Waals surface area (Å²) in [6.45, 7) is 0.858. The summed E-state index contributed by atoms with van der Waals surface area (Å²) in [4.78, 5) is 29.8. The molecule has 1 aliphatic heterocycles. The Hall–Kier alpha value is -1.15. The first-order chi connectivity index (χ1) is 7.84. The molecule has 1 heterocycles. The Morgan fingerprint density at radius 3 is 2.00 bits per heavy atom. The molecule has 0 spiro atoms. The van der Waals surface area contributed by atoms with Crippen molar-refractivity contribution in [1.82, 2.24) is 5.32 Å². The van der Waals surface area contributed by atoms with Gasteiger partial charge in [0.05, 0.1) is 6.42 Å². The Morgan fingerprint density at radius 1 is 1.28 bits per heavy atom. The number of aliphatic carboxylic acids is 3. The van der Waals surface area contributed by atoms with Crippen LogP contribution in [0.1, 0.15) is 19.3 Å². The minimum absolute atomic E-state index is 0. The van der Waals surface area contributed by atoms with E-state index in [0.717, 1.165) is 19.4 Å². The third-order valence-electron chi connectivity index (χ3n) is 2.07. The van der Waals surface area contributed by atoms with E-state index in [1.807, 2.05) is 0 Å². The molecule has 109 valence electrons. The van der Waals surface area contributed by atoms with Crippen molar-refractivity contribution in [3.63, 3.8) is 0 Å². The molecule has 0 aromatic heterocycles. The number of carboxylic acid groups (broad SMARTS) is 3. The van der Waals surface area contributed by atoms with Crippen LogP contribution in [0.25, 0.3) is 0 Å². The maximum atomic E-state index is 10.1. The number of nitrogens with two attached hydrogens (primary N) is 1. The topological polar surface area (TPSA) is 150 Å². The molecular weight excluding hydrogens is 296 g/mol. The van der Waals surface area contributed by atoms with Crippen LogP contribution in [-0.4, -0.2) is 51.9 Å². The minimum atomic E-state index is -1.29. The van der Waals surface area contributed by atoms with Gasteiger partial charge in [-0.05, 0) is 19.4 Å². The van der Waals surface area contributed by atoms with Crippen molar-refractivity contribution < 1.29 is 46.8 Å².